The lowest BCUT2D eigenvalue weighted by molar-refractivity contribution is -0.872. The minimum atomic E-state index is -0.325. The van der Waals surface area contributed by atoms with Crippen LogP contribution < -0.4 is 0 Å². The first-order valence-electron chi connectivity index (χ1n) is 11.1. The number of hydrogen-bond acceptors (Lipinski definition) is 2. The molecule has 4 heteroatoms. The van der Waals surface area contributed by atoms with Crippen LogP contribution in [-0.2, 0) is 9.32 Å². The quantitative estimate of drug-likeness (QED) is 0.142. The van der Waals surface area contributed by atoms with Crippen LogP contribution in [-0.4, -0.2) is 44.1 Å². The Morgan fingerprint density at radius 3 is 1.50 bits per heavy atom. The van der Waals surface area contributed by atoms with Crippen molar-refractivity contribution in [3.05, 3.63) is 0 Å². The van der Waals surface area contributed by atoms with Crippen molar-refractivity contribution in [2.45, 2.75) is 109 Å². The van der Waals surface area contributed by atoms with E-state index in [0.717, 1.165) is 10.9 Å². The zero-order valence-electron chi connectivity index (χ0n) is 18.2. The molecule has 0 aliphatic rings. The van der Waals surface area contributed by atoms with Crippen molar-refractivity contribution in [1.82, 2.24) is 0 Å². The first kappa shape index (κ1) is 26.0. The summed E-state index contributed by atoms with van der Waals surface area (Å²) in [6.07, 6.45) is 19.1. The Morgan fingerprint density at radius 1 is 0.769 bits per heavy atom. The number of quaternary nitrogens is 1. The smallest absolute Gasteiger partial charge is 0.164 e. The summed E-state index contributed by atoms with van der Waals surface area (Å²) in [6.45, 7) is 2.99. The topological polar surface area (TPSA) is 26.3 Å². The maximum absolute atomic E-state index is 12.2. The predicted molar refractivity (Wildman–Crippen MR) is 116 cm³/mol. The Morgan fingerprint density at radius 2 is 1.15 bits per heavy atom. The summed E-state index contributed by atoms with van der Waals surface area (Å²) in [5.74, 6) is 0.229. The molecule has 0 aromatic heterocycles. The first-order chi connectivity index (χ1) is 12.4. The van der Waals surface area contributed by atoms with E-state index in [9.17, 15) is 4.79 Å². The van der Waals surface area contributed by atoms with Gasteiger partial charge in [-0.25, -0.2) is 0 Å². The molecule has 156 valence electrons. The minimum absolute atomic E-state index is 0.229. The summed E-state index contributed by atoms with van der Waals surface area (Å²) >= 11 is 0. The summed E-state index contributed by atoms with van der Waals surface area (Å²) in [7, 11) is 9.32. The van der Waals surface area contributed by atoms with Crippen molar-refractivity contribution in [2.75, 3.05) is 27.7 Å². The highest BCUT2D eigenvalue weighted by Gasteiger charge is 2.21. The van der Waals surface area contributed by atoms with E-state index in [0.29, 0.717) is 13.0 Å². The molecule has 1 atom stereocenters. The van der Waals surface area contributed by atoms with Gasteiger partial charge in [0, 0.05) is 6.42 Å². The molecule has 0 amide bonds. The molecule has 0 saturated heterocycles. The van der Waals surface area contributed by atoms with Gasteiger partial charge in [-0.3, -0.25) is 4.79 Å². The van der Waals surface area contributed by atoms with Gasteiger partial charge in [0.1, 0.15) is 12.6 Å². The van der Waals surface area contributed by atoms with E-state index < -0.39 is 0 Å². The first-order valence-corrected chi connectivity index (χ1v) is 11.5. The van der Waals surface area contributed by atoms with Crippen molar-refractivity contribution in [3.63, 3.8) is 0 Å². The van der Waals surface area contributed by atoms with Gasteiger partial charge in [-0.1, -0.05) is 90.4 Å². The van der Waals surface area contributed by atoms with E-state index in [1.807, 2.05) is 0 Å². The molecule has 0 aromatic carbocycles. The Kier molecular flexibility index (Phi) is 17.2. The van der Waals surface area contributed by atoms with E-state index in [1.165, 1.54) is 83.5 Å². The summed E-state index contributed by atoms with van der Waals surface area (Å²) in [4.78, 5) is 12.2. The molecule has 0 radical (unpaired) electrons. The minimum Gasteiger partial charge on any atom is -0.549 e. The monoisotopic (exact) mass is 387 g/mol. The fourth-order valence-corrected chi connectivity index (χ4v) is 3.56. The summed E-state index contributed by atoms with van der Waals surface area (Å²) in [6, 6.07) is 0. The van der Waals surface area contributed by atoms with Gasteiger partial charge < -0.3 is 18.5 Å². The fraction of sp³-hybridized carbons (Fsp3) is 0.955. The van der Waals surface area contributed by atoms with Crippen LogP contribution in [0, 0.1) is 0 Å². The van der Waals surface area contributed by atoms with Crippen LogP contribution in [0.1, 0.15) is 103 Å². The highest BCUT2D eigenvalue weighted by molar-refractivity contribution is 7.09. The largest absolute Gasteiger partial charge is 0.549 e. The number of hydrogen-bond donors (Lipinski definition) is 0. The molecule has 0 rings (SSSR count). The zero-order valence-corrected chi connectivity index (χ0v) is 19.2. The van der Waals surface area contributed by atoms with Crippen molar-refractivity contribution in [1.29, 1.82) is 0 Å². The molecule has 1 unspecified atom stereocenters. The highest BCUT2D eigenvalue weighted by atomic mass is 31.0. The van der Waals surface area contributed by atoms with E-state index in [-0.39, 0.29) is 11.9 Å². The van der Waals surface area contributed by atoms with Crippen LogP contribution in [0.25, 0.3) is 0 Å². The fourth-order valence-electron chi connectivity index (χ4n) is 3.36. The number of ketones is 1. The van der Waals surface area contributed by atoms with Gasteiger partial charge in [0.05, 0.1) is 21.1 Å². The Bertz CT molecular complexity index is 329. The second-order valence-electron chi connectivity index (χ2n) is 8.89. The second-order valence-corrected chi connectivity index (χ2v) is 9.13. The number of nitrogens with zero attached hydrogens (tertiary/aromatic N) is 1. The van der Waals surface area contributed by atoms with Crippen molar-refractivity contribution < 1.29 is 13.8 Å². The molecule has 0 N–H and O–H groups in total. The normalized spacial score (nSPS) is 13.1. The molecular weight excluding hydrogens is 341 g/mol. The van der Waals surface area contributed by atoms with Gasteiger partial charge >= 0.3 is 0 Å². The summed E-state index contributed by atoms with van der Waals surface area (Å²) in [5, 5.41) is 0. The maximum Gasteiger partial charge on any atom is 0.164 e. The molecule has 0 bridgehead atoms. The molecule has 0 aromatic rings. The Labute approximate surface area is 166 Å². The number of likely N-dealkylation sites (N-methyl/N-ethyl adjacent to an activating group) is 1. The number of unbranched alkanes of at least 4 members (excludes halogenated alkanes) is 13. The standard InChI is InChI=1S/C22H46NO2P/c1-5-6-7-8-9-10-11-12-13-14-15-16-17-18-19-21(24)22(25-26)20-23(2,3)4/h22,26H,5-20H2,1-4H3. The SMILES string of the molecule is CCCCCCCCCCCCCCCCC(=O)C(C[N+](C)(C)C)O[PH-]. The molecule has 0 heterocycles. The molecule has 0 saturated carbocycles. The lowest BCUT2D eigenvalue weighted by Crippen LogP contribution is -2.44. The third-order valence-electron chi connectivity index (χ3n) is 4.99. The molecule has 0 spiro atoms. The molecular formula is C22H46NO2P. The zero-order chi connectivity index (χ0) is 19.7. The molecule has 26 heavy (non-hydrogen) atoms. The van der Waals surface area contributed by atoms with Gasteiger partial charge in [-0.2, -0.15) is 0 Å². The number of carbonyl (C=O) groups excluding carboxylic acids is 1. The molecule has 0 aliphatic carbocycles. The number of carbonyl (C=O) groups is 1. The van der Waals surface area contributed by atoms with Crippen LogP contribution in [0.5, 0.6) is 0 Å². The Balaban J connectivity index is 3.41. The van der Waals surface area contributed by atoms with E-state index in [4.69, 9.17) is 4.52 Å². The van der Waals surface area contributed by atoms with Gasteiger partial charge in [0.2, 0.25) is 0 Å². The number of Topliss-reactive ketones (excluding diaryl/α,β-unsaturated/α-hetero) is 1. The molecule has 0 aliphatic heterocycles. The van der Waals surface area contributed by atoms with Gasteiger partial charge in [0.15, 0.2) is 5.78 Å². The van der Waals surface area contributed by atoms with E-state index >= 15 is 0 Å². The van der Waals surface area contributed by atoms with Crippen LogP contribution >= 0.6 is 9.47 Å². The number of rotatable bonds is 19. The van der Waals surface area contributed by atoms with Gasteiger partial charge in [0.25, 0.3) is 0 Å². The second kappa shape index (κ2) is 17.1. The third kappa shape index (κ3) is 17.4. The maximum atomic E-state index is 12.2. The lowest BCUT2D eigenvalue weighted by Gasteiger charge is -2.30. The Hall–Kier alpha value is 0.0200. The predicted octanol–water partition coefficient (Wildman–Crippen LogP) is 6.58. The van der Waals surface area contributed by atoms with Crippen molar-refractivity contribution in [2.24, 2.45) is 0 Å². The van der Waals surface area contributed by atoms with Crippen LogP contribution in [0.15, 0.2) is 0 Å². The van der Waals surface area contributed by atoms with Gasteiger partial charge in [-0.05, 0) is 6.42 Å². The summed E-state index contributed by atoms with van der Waals surface area (Å²) < 4.78 is 5.93. The molecule has 3 nitrogen and oxygen atoms in total. The third-order valence-corrected chi connectivity index (χ3v) is 5.28. The molecule has 0 fully saturated rings. The highest BCUT2D eigenvalue weighted by Crippen LogP contribution is 2.14. The lowest BCUT2D eigenvalue weighted by atomic mass is 10.0. The van der Waals surface area contributed by atoms with E-state index in [1.54, 1.807) is 0 Å². The summed E-state index contributed by atoms with van der Waals surface area (Å²) in [5.41, 5.74) is 0. The van der Waals surface area contributed by atoms with Crippen molar-refractivity contribution in [3.8, 4) is 0 Å². The average Bonchev–Trinajstić information content (AvgIpc) is 2.59. The van der Waals surface area contributed by atoms with Crippen LogP contribution in [0.4, 0.5) is 0 Å². The van der Waals surface area contributed by atoms with Crippen molar-refractivity contribution >= 4 is 15.2 Å². The van der Waals surface area contributed by atoms with Crippen LogP contribution in [0.2, 0.25) is 0 Å². The average molecular weight is 388 g/mol. The van der Waals surface area contributed by atoms with Gasteiger partial charge in [-0.15, -0.1) is 0 Å². The van der Waals surface area contributed by atoms with E-state index in [2.05, 4.69) is 37.5 Å². The van der Waals surface area contributed by atoms with Crippen LogP contribution in [0.3, 0.4) is 0 Å².